The van der Waals surface area contributed by atoms with Crippen molar-refractivity contribution in [2.24, 2.45) is 11.3 Å². The summed E-state index contributed by atoms with van der Waals surface area (Å²) in [5.41, 5.74) is 0.391. The minimum Gasteiger partial charge on any atom is -0.396 e. The summed E-state index contributed by atoms with van der Waals surface area (Å²) >= 11 is 0. The largest absolute Gasteiger partial charge is 0.396 e. The molecule has 3 heteroatoms. The quantitative estimate of drug-likeness (QED) is 0.773. The molecule has 1 atom stereocenters. The van der Waals surface area contributed by atoms with Crippen molar-refractivity contribution in [2.75, 3.05) is 6.61 Å². The van der Waals surface area contributed by atoms with E-state index in [0.29, 0.717) is 11.3 Å². The Balaban J connectivity index is 2.38. The van der Waals surface area contributed by atoms with Crippen molar-refractivity contribution in [3.8, 4) is 0 Å². The van der Waals surface area contributed by atoms with Crippen LogP contribution in [-0.2, 0) is 6.54 Å². The summed E-state index contributed by atoms with van der Waals surface area (Å²) in [4.78, 5) is 4.02. The lowest BCUT2D eigenvalue weighted by Crippen LogP contribution is -2.18. The Morgan fingerprint density at radius 2 is 2.19 bits per heavy atom. The lowest BCUT2D eigenvalue weighted by molar-refractivity contribution is 0.180. The highest BCUT2D eigenvalue weighted by molar-refractivity contribution is 4.76. The fraction of sp³-hybridized carbons (Fsp3) is 0.769. The van der Waals surface area contributed by atoms with E-state index < -0.39 is 0 Å². The third-order valence-electron chi connectivity index (χ3n) is 3.47. The van der Waals surface area contributed by atoms with Crippen molar-refractivity contribution >= 4 is 0 Å². The first-order chi connectivity index (χ1) is 7.57. The Kier molecular flexibility index (Phi) is 5.00. The predicted octanol–water partition coefficient (Wildman–Crippen LogP) is 2.71. The number of aliphatic hydroxyl groups excluding tert-OH is 1. The van der Waals surface area contributed by atoms with Crippen molar-refractivity contribution in [1.82, 2.24) is 9.55 Å². The van der Waals surface area contributed by atoms with E-state index in [9.17, 15) is 5.11 Å². The second-order valence-corrected chi connectivity index (χ2v) is 5.36. The fourth-order valence-electron chi connectivity index (χ4n) is 1.70. The smallest absolute Gasteiger partial charge is 0.0946 e. The number of rotatable bonds is 7. The summed E-state index contributed by atoms with van der Waals surface area (Å²) in [6.07, 6.45) is 8.99. The van der Waals surface area contributed by atoms with Crippen molar-refractivity contribution in [1.29, 1.82) is 0 Å². The Morgan fingerprint density at radius 1 is 1.44 bits per heavy atom. The van der Waals surface area contributed by atoms with E-state index >= 15 is 0 Å². The minimum absolute atomic E-state index is 0.262. The zero-order valence-corrected chi connectivity index (χ0v) is 10.7. The molecular weight excluding hydrogens is 200 g/mol. The average Bonchev–Trinajstić information content (AvgIpc) is 2.77. The molecule has 1 rings (SSSR count). The first kappa shape index (κ1) is 13.2. The van der Waals surface area contributed by atoms with E-state index in [1.165, 1.54) is 12.8 Å². The van der Waals surface area contributed by atoms with E-state index in [0.717, 1.165) is 13.0 Å². The summed E-state index contributed by atoms with van der Waals surface area (Å²) < 4.78 is 2.04. The Morgan fingerprint density at radius 3 is 2.69 bits per heavy atom. The molecule has 0 amide bonds. The molecule has 0 saturated carbocycles. The zero-order chi connectivity index (χ0) is 12.0. The van der Waals surface area contributed by atoms with Crippen LogP contribution in [0.3, 0.4) is 0 Å². The van der Waals surface area contributed by atoms with Crippen LogP contribution in [0.1, 0.15) is 40.0 Å². The van der Waals surface area contributed by atoms with E-state index in [1.807, 2.05) is 17.1 Å². The van der Waals surface area contributed by atoms with Crippen molar-refractivity contribution < 1.29 is 5.11 Å². The molecule has 0 aliphatic heterocycles. The maximum Gasteiger partial charge on any atom is 0.0946 e. The van der Waals surface area contributed by atoms with Gasteiger partial charge in [0.1, 0.15) is 0 Å². The number of imidazole rings is 1. The molecule has 3 nitrogen and oxygen atoms in total. The highest BCUT2D eigenvalue weighted by Gasteiger charge is 2.18. The van der Waals surface area contributed by atoms with Gasteiger partial charge in [0.05, 0.1) is 6.33 Å². The predicted molar refractivity (Wildman–Crippen MR) is 66.1 cm³/mol. The molecule has 0 aliphatic rings. The maximum atomic E-state index is 9.36. The lowest BCUT2D eigenvalue weighted by Gasteiger charge is -2.25. The van der Waals surface area contributed by atoms with Crippen LogP contribution >= 0.6 is 0 Å². The molecule has 16 heavy (non-hydrogen) atoms. The van der Waals surface area contributed by atoms with Crippen LogP contribution in [0.25, 0.3) is 0 Å². The van der Waals surface area contributed by atoms with Gasteiger partial charge >= 0.3 is 0 Å². The normalized spacial score (nSPS) is 14.0. The molecule has 0 aliphatic carbocycles. The van der Waals surface area contributed by atoms with Crippen LogP contribution in [0.2, 0.25) is 0 Å². The first-order valence-electron chi connectivity index (χ1n) is 6.14. The molecule has 0 radical (unpaired) electrons. The van der Waals surface area contributed by atoms with Gasteiger partial charge in [0.25, 0.3) is 0 Å². The summed E-state index contributed by atoms with van der Waals surface area (Å²) in [5.74, 6) is 0.347. The Hall–Kier alpha value is -0.830. The highest BCUT2D eigenvalue weighted by atomic mass is 16.3. The summed E-state index contributed by atoms with van der Waals surface area (Å²) in [6, 6.07) is 0. The molecule has 0 saturated heterocycles. The Bertz CT molecular complexity index is 280. The second kappa shape index (κ2) is 6.04. The lowest BCUT2D eigenvalue weighted by atomic mass is 9.82. The standard InChI is InChI=1S/C13H24N2O/c1-4-13(2,3)6-5-12(10-16)9-15-8-7-14-11-15/h7-8,11-12,16H,4-6,9-10H2,1-3H3/t12-/m1/s1. The van der Waals surface area contributed by atoms with Gasteiger partial charge in [-0.25, -0.2) is 4.98 Å². The summed E-state index contributed by atoms with van der Waals surface area (Å²) in [5, 5.41) is 9.36. The number of aliphatic hydroxyl groups is 1. The zero-order valence-electron chi connectivity index (χ0n) is 10.7. The van der Waals surface area contributed by atoms with E-state index in [4.69, 9.17) is 0 Å². The molecule has 1 heterocycles. The number of aromatic nitrogens is 2. The third kappa shape index (κ3) is 4.35. The molecule has 92 valence electrons. The van der Waals surface area contributed by atoms with Crippen LogP contribution in [0, 0.1) is 11.3 Å². The third-order valence-corrected chi connectivity index (χ3v) is 3.47. The van der Waals surface area contributed by atoms with Crippen molar-refractivity contribution in [3.63, 3.8) is 0 Å². The van der Waals surface area contributed by atoms with Gasteiger partial charge < -0.3 is 9.67 Å². The van der Waals surface area contributed by atoms with Crippen LogP contribution in [0.4, 0.5) is 0 Å². The van der Waals surface area contributed by atoms with Gasteiger partial charge in [0, 0.05) is 25.5 Å². The van der Waals surface area contributed by atoms with Crippen LogP contribution < -0.4 is 0 Å². The van der Waals surface area contributed by atoms with Gasteiger partial charge in [-0.1, -0.05) is 27.2 Å². The monoisotopic (exact) mass is 224 g/mol. The molecule has 1 aromatic heterocycles. The summed E-state index contributed by atoms with van der Waals surface area (Å²) in [7, 11) is 0. The molecule has 0 unspecified atom stereocenters. The molecule has 0 spiro atoms. The molecule has 0 bridgehead atoms. The van der Waals surface area contributed by atoms with E-state index in [-0.39, 0.29) is 6.61 Å². The summed E-state index contributed by atoms with van der Waals surface area (Å²) in [6.45, 7) is 7.94. The topological polar surface area (TPSA) is 38.0 Å². The Labute approximate surface area is 98.5 Å². The van der Waals surface area contributed by atoms with Gasteiger partial charge in [-0.15, -0.1) is 0 Å². The first-order valence-corrected chi connectivity index (χ1v) is 6.14. The van der Waals surface area contributed by atoms with Crippen LogP contribution in [0.15, 0.2) is 18.7 Å². The highest BCUT2D eigenvalue weighted by Crippen LogP contribution is 2.28. The van der Waals surface area contributed by atoms with Gasteiger partial charge in [-0.3, -0.25) is 0 Å². The fourth-order valence-corrected chi connectivity index (χ4v) is 1.70. The molecule has 1 N–H and O–H groups in total. The van der Waals surface area contributed by atoms with Gasteiger partial charge in [0.15, 0.2) is 0 Å². The molecular formula is C13H24N2O. The SMILES string of the molecule is CCC(C)(C)CC[C@@H](CO)Cn1ccnc1. The molecule has 1 aromatic rings. The second-order valence-electron chi connectivity index (χ2n) is 5.36. The van der Waals surface area contributed by atoms with Gasteiger partial charge in [-0.2, -0.15) is 0 Å². The molecule has 0 fully saturated rings. The van der Waals surface area contributed by atoms with Crippen LogP contribution in [0.5, 0.6) is 0 Å². The van der Waals surface area contributed by atoms with Gasteiger partial charge in [0.2, 0.25) is 0 Å². The van der Waals surface area contributed by atoms with Crippen molar-refractivity contribution in [3.05, 3.63) is 18.7 Å². The van der Waals surface area contributed by atoms with Crippen LogP contribution in [-0.4, -0.2) is 21.3 Å². The maximum absolute atomic E-state index is 9.36. The number of hydrogen-bond acceptors (Lipinski definition) is 2. The molecule has 0 aromatic carbocycles. The van der Waals surface area contributed by atoms with Crippen molar-refractivity contribution in [2.45, 2.75) is 46.6 Å². The minimum atomic E-state index is 0.262. The van der Waals surface area contributed by atoms with Gasteiger partial charge in [-0.05, 0) is 24.2 Å². The van der Waals surface area contributed by atoms with E-state index in [1.54, 1.807) is 6.20 Å². The average molecular weight is 224 g/mol. The van der Waals surface area contributed by atoms with E-state index in [2.05, 4.69) is 25.8 Å². The number of hydrogen-bond donors (Lipinski definition) is 1. The number of nitrogens with zero attached hydrogens (tertiary/aromatic N) is 2.